The van der Waals surface area contributed by atoms with Crippen molar-refractivity contribution in [2.45, 2.75) is 25.8 Å². The summed E-state index contributed by atoms with van der Waals surface area (Å²) in [4.78, 5) is 28.4. The van der Waals surface area contributed by atoms with Gasteiger partial charge in [0.1, 0.15) is 11.6 Å². The van der Waals surface area contributed by atoms with Crippen molar-refractivity contribution in [3.8, 4) is 0 Å². The molecule has 2 aromatic rings. The molecule has 2 aromatic carbocycles. The lowest BCUT2D eigenvalue weighted by molar-refractivity contribution is -0.857. The van der Waals surface area contributed by atoms with Crippen molar-refractivity contribution >= 4 is 17.4 Å². The Morgan fingerprint density at radius 3 is 2.20 bits per heavy atom. The van der Waals surface area contributed by atoms with Gasteiger partial charge < -0.3 is 14.9 Å². The predicted octanol–water partition coefficient (Wildman–Crippen LogP) is 2.52. The Balaban J connectivity index is 2.12. The zero-order chi connectivity index (χ0) is 22.0. The number of rotatable bonds is 6. The molecule has 5 nitrogen and oxygen atoms in total. The minimum atomic E-state index is -0.719. The number of hydrogen-bond donors (Lipinski definition) is 2. The molecule has 0 unspecified atom stereocenters. The fraction of sp³-hybridized carbons (Fsp3) is 0.333. The topological polar surface area (TPSA) is 62.0 Å². The van der Waals surface area contributed by atoms with E-state index in [1.165, 1.54) is 29.2 Å². The number of aliphatic hydroxyl groups excluding tert-OH is 1. The number of nitrogens with zero attached hydrogens (tertiary/aromatic N) is 1. The highest BCUT2D eigenvalue weighted by Crippen LogP contribution is 2.39. The summed E-state index contributed by atoms with van der Waals surface area (Å²) in [5.74, 6) is -1.73. The van der Waals surface area contributed by atoms with Gasteiger partial charge in [0.05, 0.1) is 38.8 Å². The first-order valence-electron chi connectivity index (χ1n) is 10.1. The van der Waals surface area contributed by atoms with Gasteiger partial charge in [-0.05, 0) is 41.3 Å². The number of aliphatic hydroxyl groups is 1. The minimum Gasteiger partial charge on any atom is -0.507 e. The Hall–Kier alpha value is -2.99. The molecule has 0 bridgehead atoms. The van der Waals surface area contributed by atoms with E-state index >= 15 is 0 Å². The van der Waals surface area contributed by atoms with Crippen LogP contribution in [0.4, 0.5) is 4.39 Å². The van der Waals surface area contributed by atoms with Crippen LogP contribution in [0.2, 0.25) is 0 Å². The van der Waals surface area contributed by atoms with Crippen LogP contribution in [0.25, 0.3) is 5.76 Å². The first-order valence-corrected chi connectivity index (χ1v) is 10.1. The van der Waals surface area contributed by atoms with E-state index in [9.17, 15) is 19.1 Å². The molecule has 1 atom stereocenters. The van der Waals surface area contributed by atoms with E-state index in [-0.39, 0.29) is 11.3 Å². The smallest absolute Gasteiger partial charge is 0.295 e. The molecule has 0 saturated carbocycles. The number of likely N-dealkylation sites (N-methyl/N-ethyl adjacent to an activating group) is 1. The van der Waals surface area contributed by atoms with Gasteiger partial charge in [-0.3, -0.25) is 9.59 Å². The number of benzene rings is 2. The first-order chi connectivity index (χ1) is 14.2. The normalized spacial score (nSPS) is 18.6. The Kier molecular flexibility index (Phi) is 6.37. The summed E-state index contributed by atoms with van der Waals surface area (Å²) in [6.07, 6.45) is 0. The second kappa shape index (κ2) is 8.79. The molecular formula is C24H28FN2O3+. The number of amides is 1. The van der Waals surface area contributed by atoms with E-state index in [2.05, 4.69) is 13.8 Å². The third kappa shape index (κ3) is 4.28. The van der Waals surface area contributed by atoms with Crippen LogP contribution in [0.1, 0.15) is 42.5 Å². The van der Waals surface area contributed by atoms with Gasteiger partial charge in [-0.15, -0.1) is 0 Å². The standard InChI is InChI=1S/C24H27FN2O3/c1-15(2)16-5-7-17(8-6-16)21-20(22(28)18-9-11-19(25)12-10-18)23(29)24(30)27(21)14-13-26(3)4/h5-12,15,21,28H,13-14H2,1-4H3/p+1/t21-/m0/s1. The van der Waals surface area contributed by atoms with E-state index in [4.69, 9.17) is 0 Å². The number of hydrogen-bond acceptors (Lipinski definition) is 3. The molecule has 6 heteroatoms. The zero-order valence-corrected chi connectivity index (χ0v) is 17.8. The van der Waals surface area contributed by atoms with Gasteiger partial charge in [-0.2, -0.15) is 0 Å². The van der Waals surface area contributed by atoms with Gasteiger partial charge in [0.25, 0.3) is 11.7 Å². The van der Waals surface area contributed by atoms with Crippen LogP contribution >= 0.6 is 0 Å². The van der Waals surface area contributed by atoms with Crippen LogP contribution < -0.4 is 4.90 Å². The lowest BCUT2D eigenvalue weighted by Crippen LogP contribution is -3.06. The monoisotopic (exact) mass is 411 g/mol. The Bertz CT molecular complexity index is 963. The van der Waals surface area contributed by atoms with Crippen molar-refractivity contribution in [3.63, 3.8) is 0 Å². The van der Waals surface area contributed by atoms with E-state index in [0.717, 1.165) is 16.0 Å². The quantitative estimate of drug-likeness (QED) is 0.436. The highest BCUT2D eigenvalue weighted by atomic mass is 19.1. The number of likely N-dealkylation sites (tertiary alicyclic amines) is 1. The van der Waals surface area contributed by atoms with Crippen LogP contribution in [0.3, 0.4) is 0 Å². The third-order valence-electron chi connectivity index (χ3n) is 5.43. The van der Waals surface area contributed by atoms with Gasteiger partial charge in [-0.1, -0.05) is 38.1 Å². The molecule has 0 spiro atoms. The van der Waals surface area contributed by atoms with E-state index in [1.807, 2.05) is 38.4 Å². The summed E-state index contributed by atoms with van der Waals surface area (Å²) in [5, 5.41) is 10.9. The molecule has 1 aliphatic heterocycles. The average molecular weight is 411 g/mol. The summed E-state index contributed by atoms with van der Waals surface area (Å²) < 4.78 is 13.3. The van der Waals surface area contributed by atoms with Crippen molar-refractivity contribution in [1.29, 1.82) is 0 Å². The van der Waals surface area contributed by atoms with Gasteiger partial charge >= 0.3 is 0 Å². The first kappa shape index (κ1) is 21.7. The molecule has 1 heterocycles. The second-order valence-electron chi connectivity index (χ2n) is 8.28. The molecule has 0 aliphatic carbocycles. The maximum atomic E-state index is 13.3. The molecule has 0 radical (unpaired) electrons. The number of carbonyl (C=O) groups is 2. The summed E-state index contributed by atoms with van der Waals surface area (Å²) in [5.41, 5.74) is 2.25. The van der Waals surface area contributed by atoms with Crippen molar-refractivity contribution in [3.05, 3.63) is 76.6 Å². The fourth-order valence-corrected chi connectivity index (χ4v) is 3.63. The molecule has 158 valence electrons. The van der Waals surface area contributed by atoms with Gasteiger partial charge in [0, 0.05) is 5.56 Å². The van der Waals surface area contributed by atoms with Crippen molar-refractivity contribution in [2.24, 2.45) is 0 Å². The van der Waals surface area contributed by atoms with Crippen LogP contribution in [0.15, 0.2) is 54.1 Å². The number of halogens is 1. The fourth-order valence-electron chi connectivity index (χ4n) is 3.63. The summed E-state index contributed by atoms with van der Waals surface area (Å²) in [7, 11) is 3.95. The Morgan fingerprint density at radius 2 is 1.67 bits per heavy atom. The van der Waals surface area contributed by atoms with Crippen LogP contribution in [-0.4, -0.2) is 48.9 Å². The van der Waals surface area contributed by atoms with E-state index in [0.29, 0.717) is 24.6 Å². The molecule has 0 aromatic heterocycles. The van der Waals surface area contributed by atoms with E-state index in [1.54, 1.807) is 0 Å². The number of ketones is 1. The maximum Gasteiger partial charge on any atom is 0.295 e. The molecule has 1 aliphatic rings. The van der Waals surface area contributed by atoms with Gasteiger partial charge in [-0.25, -0.2) is 4.39 Å². The number of Topliss-reactive ketones (excluding diaryl/α,β-unsaturated/α-hetero) is 1. The Labute approximate surface area is 176 Å². The van der Waals surface area contributed by atoms with Gasteiger partial charge in [0.2, 0.25) is 0 Å². The average Bonchev–Trinajstić information content (AvgIpc) is 2.97. The summed E-state index contributed by atoms with van der Waals surface area (Å²) in [6, 6.07) is 12.3. The third-order valence-corrected chi connectivity index (χ3v) is 5.43. The largest absolute Gasteiger partial charge is 0.507 e. The minimum absolute atomic E-state index is 0.0395. The van der Waals surface area contributed by atoms with Gasteiger partial charge in [0.15, 0.2) is 0 Å². The summed E-state index contributed by atoms with van der Waals surface area (Å²) >= 11 is 0. The molecule has 1 amide bonds. The zero-order valence-electron chi connectivity index (χ0n) is 17.8. The van der Waals surface area contributed by atoms with E-state index < -0.39 is 23.5 Å². The maximum absolute atomic E-state index is 13.3. The van der Waals surface area contributed by atoms with Crippen molar-refractivity contribution in [2.75, 3.05) is 27.2 Å². The number of carbonyl (C=O) groups excluding carboxylic acids is 2. The molecule has 2 N–H and O–H groups in total. The molecule has 1 saturated heterocycles. The molecule has 3 rings (SSSR count). The summed E-state index contributed by atoms with van der Waals surface area (Å²) in [6.45, 7) is 5.22. The lowest BCUT2D eigenvalue weighted by Gasteiger charge is -2.26. The lowest BCUT2D eigenvalue weighted by atomic mass is 9.93. The SMILES string of the molecule is CC(C)c1ccc([C@H]2C(=C(O)c3ccc(F)cc3)C(=O)C(=O)N2CC[NH+](C)C)cc1. The highest BCUT2D eigenvalue weighted by molar-refractivity contribution is 6.46. The van der Waals surface area contributed by atoms with Crippen LogP contribution in [0, 0.1) is 5.82 Å². The second-order valence-corrected chi connectivity index (χ2v) is 8.28. The highest BCUT2D eigenvalue weighted by Gasteiger charge is 2.46. The number of quaternary nitrogens is 1. The van der Waals surface area contributed by atoms with Crippen molar-refractivity contribution < 1.29 is 24.0 Å². The van der Waals surface area contributed by atoms with Crippen LogP contribution in [0.5, 0.6) is 0 Å². The molecule has 30 heavy (non-hydrogen) atoms. The molecular weight excluding hydrogens is 383 g/mol. The Morgan fingerprint density at radius 1 is 1.07 bits per heavy atom. The molecule has 1 fully saturated rings. The predicted molar refractivity (Wildman–Crippen MR) is 114 cm³/mol. The van der Waals surface area contributed by atoms with Crippen LogP contribution in [-0.2, 0) is 9.59 Å². The van der Waals surface area contributed by atoms with Crippen molar-refractivity contribution in [1.82, 2.24) is 4.90 Å². The number of nitrogens with one attached hydrogen (secondary N) is 1.